The van der Waals surface area contributed by atoms with E-state index in [1.807, 2.05) is 24.3 Å². The molecule has 0 amide bonds. The van der Waals surface area contributed by atoms with Crippen molar-refractivity contribution < 1.29 is 17.7 Å². The number of benzene rings is 1. The van der Waals surface area contributed by atoms with Gasteiger partial charge in [0.25, 0.3) is 0 Å². The number of rotatable bonds is 4. The van der Waals surface area contributed by atoms with Crippen molar-refractivity contribution >= 4 is 21.0 Å². The zero-order valence-electron chi connectivity index (χ0n) is 11.5. The monoisotopic (exact) mass is 316 g/mol. The summed E-state index contributed by atoms with van der Waals surface area (Å²) in [6.07, 6.45) is 4.70. The van der Waals surface area contributed by atoms with E-state index in [1.165, 1.54) is 11.0 Å². The lowest BCUT2D eigenvalue weighted by Crippen LogP contribution is -2.40. The molecule has 2 heterocycles. The number of hydrogen-bond acceptors (Lipinski definition) is 6. The van der Waals surface area contributed by atoms with E-state index in [1.54, 1.807) is 18.5 Å². The van der Waals surface area contributed by atoms with Crippen LogP contribution in [-0.4, -0.2) is 33.8 Å². The third-order valence-electron chi connectivity index (χ3n) is 3.16. The molecule has 0 unspecified atom stereocenters. The number of aromatic nitrogens is 4. The van der Waals surface area contributed by atoms with E-state index in [0.717, 1.165) is 22.2 Å². The van der Waals surface area contributed by atoms with Gasteiger partial charge >= 0.3 is 0 Å². The van der Waals surface area contributed by atoms with E-state index in [2.05, 4.69) is 15.1 Å². The maximum absolute atomic E-state index is 10.6. The molecule has 0 saturated carbocycles. The SMILES string of the molecule is O=S(=O)([O-])CC[n+]1ccc(-c2ncnc3ccccc23)cn1. The second-order valence-electron chi connectivity index (χ2n) is 4.68. The Labute approximate surface area is 127 Å². The first-order chi connectivity index (χ1) is 10.5. The van der Waals surface area contributed by atoms with Crippen LogP contribution in [0.4, 0.5) is 0 Å². The molecule has 0 spiro atoms. The van der Waals surface area contributed by atoms with Crippen LogP contribution < -0.4 is 4.68 Å². The molecule has 1 aromatic carbocycles. The summed E-state index contributed by atoms with van der Waals surface area (Å²) in [4.78, 5) is 8.49. The Kier molecular flexibility index (Phi) is 3.78. The molecular formula is C14H12N4O3S. The van der Waals surface area contributed by atoms with Crippen molar-refractivity contribution in [1.82, 2.24) is 15.1 Å². The van der Waals surface area contributed by atoms with E-state index in [-0.39, 0.29) is 6.54 Å². The number of fused-ring (bicyclic) bond motifs is 1. The van der Waals surface area contributed by atoms with E-state index in [4.69, 9.17) is 0 Å². The molecule has 0 radical (unpaired) electrons. The highest BCUT2D eigenvalue weighted by atomic mass is 32.2. The molecule has 0 saturated heterocycles. The van der Waals surface area contributed by atoms with Gasteiger partial charge in [0.1, 0.15) is 22.6 Å². The number of aryl methyl sites for hydroxylation is 1. The van der Waals surface area contributed by atoms with Crippen LogP contribution in [0.2, 0.25) is 0 Å². The quantitative estimate of drug-likeness (QED) is 0.514. The molecule has 0 aliphatic heterocycles. The molecular weight excluding hydrogens is 304 g/mol. The summed E-state index contributed by atoms with van der Waals surface area (Å²) in [5.41, 5.74) is 2.38. The van der Waals surface area contributed by atoms with Crippen molar-refractivity contribution in [3.05, 3.63) is 49.1 Å². The van der Waals surface area contributed by atoms with Crippen LogP contribution in [0.3, 0.4) is 0 Å². The fourth-order valence-electron chi connectivity index (χ4n) is 2.10. The highest BCUT2D eigenvalue weighted by molar-refractivity contribution is 7.85. The molecule has 2 aromatic heterocycles. The Morgan fingerprint density at radius 2 is 1.95 bits per heavy atom. The second-order valence-corrected chi connectivity index (χ2v) is 6.20. The highest BCUT2D eigenvalue weighted by Crippen LogP contribution is 2.23. The van der Waals surface area contributed by atoms with Crippen molar-refractivity contribution in [3.63, 3.8) is 0 Å². The minimum atomic E-state index is -4.24. The second kappa shape index (κ2) is 5.74. The van der Waals surface area contributed by atoms with Crippen molar-refractivity contribution in [1.29, 1.82) is 0 Å². The molecule has 3 rings (SSSR count). The highest BCUT2D eigenvalue weighted by Gasteiger charge is 2.10. The number of para-hydroxylation sites is 1. The van der Waals surface area contributed by atoms with Gasteiger partial charge in [0, 0.05) is 17.0 Å². The molecule has 0 aliphatic rings. The summed E-state index contributed by atoms with van der Waals surface area (Å²) in [5, 5.41) is 5.03. The van der Waals surface area contributed by atoms with Gasteiger partial charge in [-0.2, -0.15) is 0 Å². The Hall–Kier alpha value is -2.45. The van der Waals surface area contributed by atoms with E-state index < -0.39 is 15.9 Å². The zero-order valence-corrected chi connectivity index (χ0v) is 12.3. The third-order valence-corrected chi connectivity index (χ3v) is 3.84. The largest absolute Gasteiger partial charge is 0.748 e. The first kappa shape index (κ1) is 14.5. The minimum Gasteiger partial charge on any atom is -0.748 e. The lowest BCUT2D eigenvalue weighted by molar-refractivity contribution is -0.750. The molecule has 0 aliphatic carbocycles. The van der Waals surface area contributed by atoms with Gasteiger partial charge in [-0.05, 0) is 11.2 Å². The van der Waals surface area contributed by atoms with Crippen LogP contribution in [0.25, 0.3) is 22.2 Å². The van der Waals surface area contributed by atoms with Crippen LogP contribution in [0.15, 0.2) is 49.1 Å². The normalized spacial score (nSPS) is 11.7. The van der Waals surface area contributed by atoms with E-state index in [0.29, 0.717) is 0 Å². The van der Waals surface area contributed by atoms with Crippen LogP contribution in [0.1, 0.15) is 0 Å². The van der Waals surface area contributed by atoms with Gasteiger partial charge in [0.05, 0.1) is 17.0 Å². The molecule has 8 heteroatoms. The molecule has 0 atom stereocenters. The standard InChI is InChI=1S/C14H12N4O3S/c19-22(20,21)8-7-18-6-5-11(9-17-18)14-12-3-1-2-4-13(12)15-10-16-14/h1-6,9-10H,7-8H2. The van der Waals surface area contributed by atoms with Gasteiger partial charge in [-0.25, -0.2) is 18.4 Å². The van der Waals surface area contributed by atoms with Crippen molar-refractivity contribution in [2.45, 2.75) is 6.54 Å². The predicted molar refractivity (Wildman–Crippen MR) is 77.5 cm³/mol. The summed E-state index contributed by atoms with van der Waals surface area (Å²) in [6, 6.07) is 9.41. The Morgan fingerprint density at radius 3 is 2.68 bits per heavy atom. The predicted octanol–water partition coefficient (Wildman–Crippen LogP) is 0.525. The molecule has 0 N–H and O–H groups in total. The zero-order chi connectivity index (χ0) is 15.6. The van der Waals surface area contributed by atoms with Crippen LogP contribution in [0.5, 0.6) is 0 Å². The molecule has 112 valence electrons. The fourth-order valence-corrected chi connectivity index (χ4v) is 2.51. The smallest absolute Gasteiger partial charge is 0.197 e. The Balaban J connectivity index is 1.92. The summed E-state index contributed by atoms with van der Waals surface area (Å²) < 4.78 is 33.3. The molecule has 3 aromatic rings. The first-order valence-corrected chi connectivity index (χ1v) is 8.10. The van der Waals surface area contributed by atoms with Gasteiger partial charge in [-0.3, -0.25) is 0 Å². The third kappa shape index (κ3) is 3.23. The van der Waals surface area contributed by atoms with Crippen LogP contribution >= 0.6 is 0 Å². The van der Waals surface area contributed by atoms with Gasteiger partial charge in [-0.1, -0.05) is 22.9 Å². The molecule has 7 nitrogen and oxygen atoms in total. The van der Waals surface area contributed by atoms with Crippen molar-refractivity contribution in [2.75, 3.05) is 5.75 Å². The molecule has 0 fully saturated rings. The summed E-state index contributed by atoms with van der Waals surface area (Å²) in [7, 11) is -4.24. The number of hydrogen-bond donors (Lipinski definition) is 0. The van der Waals surface area contributed by atoms with Gasteiger partial charge in [0.15, 0.2) is 12.7 Å². The van der Waals surface area contributed by atoms with Crippen LogP contribution in [0, 0.1) is 0 Å². The van der Waals surface area contributed by atoms with E-state index >= 15 is 0 Å². The topological polar surface area (TPSA) is 99.8 Å². The summed E-state index contributed by atoms with van der Waals surface area (Å²) >= 11 is 0. The Bertz CT molecular complexity index is 906. The Morgan fingerprint density at radius 1 is 1.14 bits per heavy atom. The van der Waals surface area contributed by atoms with Crippen molar-refractivity contribution in [3.8, 4) is 11.3 Å². The number of nitrogens with zero attached hydrogens (tertiary/aromatic N) is 4. The first-order valence-electron chi connectivity index (χ1n) is 6.52. The van der Waals surface area contributed by atoms with E-state index in [9.17, 15) is 13.0 Å². The average molecular weight is 316 g/mol. The van der Waals surface area contributed by atoms with Gasteiger partial charge < -0.3 is 4.55 Å². The fraction of sp³-hybridized carbons (Fsp3) is 0.143. The average Bonchev–Trinajstić information content (AvgIpc) is 2.52. The van der Waals surface area contributed by atoms with Crippen molar-refractivity contribution in [2.24, 2.45) is 0 Å². The molecule has 22 heavy (non-hydrogen) atoms. The summed E-state index contributed by atoms with van der Waals surface area (Å²) in [6.45, 7) is 0.0244. The minimum absolute atomic E-state index is 0.0244. The maximum Gasteiger partial charge on any atom is 0.197 e. The maximum atomic E-state index is 10.6. The lowest BCUT2D eigenvalue weighted by Gasteiger charge is -2.04. The lowest BCUT2D eigenvalue weighted by atomic mass is 10.1. The van der Waals surface area contributed by atoms with Gasteiger partial charge in [-0.15, -0.1) is 0 Å². The summed E-state index contributed by atoms with van der Waals surface area (Å²) in [5.74, 6) is -0.486. The van der Waals surface area contributed by atoms with Crippen LogP contribution in [-0.2, 0) is 16.7 Å². The molecule has 0 bridgehead atoms. The van der Waals surface area contributed by atoms with Gasteiger partial charge in [0.2, 0.25) is 0 Å².